The van der Waals surface area contributed by atoms with Crippen molar-refractivity contribution in [1.29, 1.82) is 0 Å². The van der Waals surface area contributed by atoms with Gasteiger partial charge in [0.1, 0.15) is 11.6 Å². The van der Waals surface area contributed by atoms with E-state index in [1.807, 2.05) is 37.3 Å². The van der Waals surface area contributed by atoms with Gasteiger partial charge in [0.25, 0.3) is 5.91 Å². The maximum Gasteiger partial charge on any atom is 0.350 e. The van der Waals surface area contributed by atoms with Crippen molar-refractivity contribution in [1.82, 2.24) is 5.32 Å². The summed E-state index contributed by atoms with van der Waals surface area (Å²) in [5.74, 6) is -1.17. The van der Waals surface area contributed by atoms with E-state index in [0.29, 0.717) is 5.75 Å². The van der Waals surface area contributed by atoms with E-state index in [-0.39, 0.29) is 6.04 Å². The molecular weight excluding hydrogens is 337 g/mol. The number of carbonyl (C=O) groups is 2. The SMILES string of the molecule is C[C@@H](NC(=O)COC(=O)C(C)(C)Oc1ccc(F)cc1)c1ccccc1. The normalized spacial score (nSPS) is 12.2. The Morgan fingerprint density at radius 1 is 1.08 bits per heavy atom. The summed E-state index contributed by atoms with van der Waals surface area (Å²) in [5.41, 5.74) is -0.365. The molecule has 0 unspecified atom stereocenters. The number of carbonyl (C=O) groups excluding carboxylic acids is 2. The predicted molar refractivity (Wildman–Crippen MR) is 95.1 cm³/mol. The van der Waals surface area contributed by atoms with Gasteiger partial charge in [-0.15, -0.1) is 0 Å². The van der Waals surface area contributed by atoms with E-state index in [9.17, 15) is 14.0 Å². The third kappa shape index (κ3) is 5.58. The molecule has 138 valence electrons. The molecule has 26 heavy (non-hydrogen) atoms. The highest BCUT2D eigenvalue weighted by atomic mass is 19.1. The van der Waals surface area contributed by atoms with Gasteiger partial charge in [0.05, 0.1) is 6.04 Å². The molecule has 0 aliphatic rings. The Labute approximate surface area is 152 Å². The van der Waals surface area contributed by atoms with Crippen LogP contribution in [0.2, 0.25) is 0 Å². The number of benzene rings is 2. The summed E-state index contributed by atoms with van der Waals surface area (Å²) in [5, 5.41) is 2.76. The molecule has 0 aliphatic carbocycles. The molecule has 0 saturated heterocycles. The molecular formula is C20H22FNO4. The first-order valence-electron chi connectivity index (χ1n) is 8.24. The number of hydrogen-bond acceptors (Lipinski definition) is 4. The number of ether oxygens (including phenoxy) is 2. The first-order chi connectivity index (χ1) is 12.3. The average Bonchev–Trinajstić information content (AvgIpc) is 2.62. The second-order valence-corrected chi connectivity index (χ2v) is 6.34. The van der Waals surface area contributed by atoms with E-state index in [0.717, 1.165) is 5.56 Å². The summed E-state index contributed by atoms with van der Waals surface area (Å²) in [6.07, 6.45) is 0. The Balaban J connectivity index is 1.84. The van der Waals surface area contributed by atoms with Crippen molar-refractivity contribution in [2.24, 2.45) is 0 Å². The second kappa shape index (κ2) is 8.47. The van der Waals surface area contributed by atoms with Crippen LogP contribution in [0.1, 0.15) is 32.4 Å². The van der Waals surface area contributed by atoms with Gasteiger partial charge < -0.3 is 14.8 Å². The number of amides is 1. The number of rotatable bonds is 7. The monoisotopic (exact) mass is 359 g/mol. The minimum Gasteiger partial charge on any atom is -0.476 e. The van der Waals surface area contributed by atoms with Crippen LogP contribution in [0, 0.1) is 5.82 Å². The van der Waals surface area contributed by atoms with Crippen LogP contribution < -0.4 is 10.1 Å². The lowest BCUT2D eigenvalue weighted by molar-refractivity contribution is -0.162. The minimum absolute atomic E-state index is 0.203. The predicted octanol–water partition coefficient (Wildman–Crippen LogP) is 3.40. The van der Waals surface area contributed by atoms with Crippen LogP contribution in [0.5, 0.6) is 5.75 Å². The first-order valence-corrected chi connectivity index (χ1v) is 8.24. The Bertz CT molecular complexity index is 744. The molecule has 1 N–H and O–H groups in total. The molecule has 0 radical (unpaired) electrons. The van der Waals surface area contributed by atoms with Crippen LogP contribution >= 0.6 is 0 Å². The maximum absolute atomic E-state index is 12.9. The zero-order chi connectivity index (χ0) is 19.2. The van der Waals surface area contributed by atoms with Crippen LogP contribution in [-0.4, -0.2) is 24.1 Å². The van der Waals surface area contributed by atoms with Gasteiger partial charge >= 0.3 is 5.97 Å². The highest BCUT2D eigenvalue weighted by Crippen LogP contribution is 2.20. The molecule has 0 saturated carbocycles. The van der Waals surface area contributed by atoms with Gasteiger partial charge in [-0.3, -0.25) is 4.79 Å². The lowest BCUT2D eigenvalue weighted by Gasteiger charge is -2.24. The standard InChI is InChI=1S/C20H22FNO4/c1-14(15-7-5-4-6-8-15)22-18(23)13-25-19(24)20(2,3)26-17-11-9-16(21)10-12-17/h4-12,14H,13H2,1-3H3,(H,22,23)/t14-/m1/s1. The van der Waals surface area contributed by atoms with Crippen molar-refractivity contribution in [2.75, 3.05) is 6.61 Å². The smallest absolute Gasteiger partial charge is 0.350 e. The molecule has 0 aromatic heterocycles. The topological polar surface area (TPSA) is 64.6 Å². The number of halogens is 1. The second-order valence-electron chi connectivity index (χ2n) is 6.34. The Morgan fingerprint density at radius 2 is 1.69 bits per heavy atom. The van der Waals surface area contributed by atoms with Crippen molar-refractivity contribution < 1.29 is 23.5 Å². The number of nitrogens with one attached hydrogen (secondary N) is 1. The lowest BCUT2D eigenvalue weighted by atomic mass is 10.1. The lowest BCUT2D eigenvalue weighted by Crippen LogP contribution is -2.41. The van der Waals surface area contributed by atoms with E-state index in [4.69, 9.17) is 9.47 Å². The van der Waals surface area contributed by atoms with Gasteiger partial charge in [-0.05, 0) is 50.6 Å². The fourth-order valence-corrected chi connectivity index (χ4v) is 2.25. The summed E-state index contributed by atoms with van der Waals surface area (Å²) in [4.78, 5) is 24.2. The van der Waals surface area contributed by atoms with E-state index in [2.05, 4.69) is 5.32 Å². The van der Waals surface area contributed by atoms with Gasteiger partial charge in [0, 0.05) is 0 Å². The molecule has 0 fully saturated rings. The van der Waals surface area contributed by atoms with Crippen LogP contribution in [-0.2, 0) is 14.3 Å². The molecule has 5 nitrogen and oxygen atoms in total. The molecule has 2 aromatic rings. The summed E-state index contributed by atoms with van der Waals surface area (Å²) in [7, 11) is 0. The highest BCUT2D eigenvalue weighted by molar-refractivity contribution is 5.84. The molecule has 0 aliphatic heterocycles. The fourth-order valence-electron chi connectivity index (χ4n) is 2.25. The Kier molecular flexibility index (Phi) is 6.33. The summed E-state index contributed by atoms with van der Waals surface area (Å²) in [6, 6.07) is 14.5. The molecule has 0 spiro atoms. The molecule has 1 amide bonds. The quantitative estimate of drug-likeness (QED) is 0.770. The minimum atomic E-state index is -1.32. The van der Waals surface area contributed by atoms with E-state index >= 15 is 0 Å². The van der Waals surface area contributed by atoms with E-state index in [1.165, 1.54) is 38.1 Å². The zero-order valence-corrected chi connectivity index (χ0v) is 15.0. The largest absolute Gasteiger partial charge is 0.476 e. The Morgan fingerprint density at radius 3 is 2.31 bits per heavy atom. The third-order valence-electron chi connectivity index (χ3n) is 3.69. The van der Waals surface area contributed by atoms with Gasteiger partial charge in [-0.25, -0.2) is 9.18 Å². The first kappa shape index (κ1) is 19.4. The van der Waals surface area contributed by atoms with Crippen LogP contribution in [0.4, 0.5) is 4.39 Å². The molecule has 0 bridgehead atoms. The summed E-state index contributed by atoms with van der Waals surface area (Å²) < 4.78 is 23.5. The van der Waals surface area contributed by atoms with Crippen LogP contribution in [0.15, 0.2) is 54.6 Å². The highest BCUT2D eigenvalue weighted by Gasteiger charge is 2.32. The number of esters is 1. The summed E-state index contributed by atoms with van der Waals surface area (Å²) >= 11 is 0. The van der Waals surface area contributed by atoms with E-state index in [1.54, 1.807) is 0 Å². The molecule has 6 heteroatoms. The zero-order valence-electron chi connectivity index (χ0n) is 15.0. The fraction of sp³-hybridized carbons (Fsp3) is 0.300. The van der Waals surface area contributed by atoms with Crippen molar-refractivity contribution >= 4 is 11.9 Å². The molecule has 2 rings (SSSR count). The van der Waals surface area contributed by atoms with Crippen molar-refractivity contribution in [3.8, 4) is 5.75 Å². The average molecular weight is 359 g/mol. The van der Waals surface area contributed by atoms with Crippen LogP contribution in [0.3, 0.4) is 0 Å². The molecule has 2 aromatic carbocycles. The van der Waals surface area contributed by atoms with Gasteiger partial charge in [-0.2, -0.15) is 0 Å². The van der Waals surface area contributed by atoms with Gasteiger partial charge in [-0.1, -0.05) is 30.3 Å². The molecule has 1 atom stereocenters. The number of hydrogen-bond donors (Lipinski definition) is 1. The van der Waals surface area contributed by atoms with Crippen molar-refractivity contribution in [3.63, 3.8) is 0 Å². The van der Waals surface area contributed by atoms with E-state index < -0.39 is 29.9 Å². The van der Waals surface area contributed by atoms with Gasteiger partial charge in [0.15, 0.2) is 12.2 Å². The van der Waals surface area contributed by atoms with Gasteiger partial charge in [0.2, 0.25) is 0 Å². The van der Waals surface area contributed by atoms with Crippen LogP contribution in [0.25, 0.3) is 0 Å². The maximum atomic E-state index is 12.9. The van der Waals surface area contributed by atoms with Crippen molar-refractivity contribution in [3.05, 3.63) is 66.0 Å². The molecule has 0 heterocycles. The Hall–Kier alpha value is -2.89. The summed E-state index contributed by atoms with van der Waals surface area (Å²) in [6.45, 7) is 4.47. The third-order valence-corrected chi connectivity index (χ3v) is 3.69. The van der Waals surface area contributed by atoms with Crippen molar-refractivity contribution in [2.45, 2.75) is 32.4 Å².